The van der Waals surface area contributed by atoms with Crippen LogP contribution >= 0.6 is 0 Å². The number of hydrogen-bond donors (Lipinski definition) is 1. The van der Waals surface area contributed by atoms with Gasteiger partial charge >= 0.3 is 5.97 Å². The predicted molar refractivity (Wildman–Crippen MR) is 40.3 cm³/mol. The van der Waals surface area contributed by atoms with Crippen LogP contribution in [0.25, 0.3) is 0 Å². The molecule has 11 heavy (non-hydrogen) atoms. The molecule has 0 radical (unpaired) electrons. The summed E-state index contributed by atoms with van der Waals surface area (Å²) in [4.78, 5) is 10.8. The standard InChI is InChI=1S/C7H15NO3/c1-4-11-7(9)5-6(2)8(3)10/h6,10H,4-5H2,1-3H3. The molecule has 0 heterocycles. The Morgan fingerprint density at radius 1 is 1.73 bits per heavy atom. The van der Waals surface area contributed by atoms with E-state index in [2.05, 4.69) is 4.74 Å². The van der Waals surface area contributed by atoms with Crippen LogP contribution in [0.1, 0.15) is 20.3 Å². The second-order valence-electron chi connectivity index (χ2n) is 2.43. The van der Waals surface area contributed by atoms with Gasteiger partial charge in [-0.2, -0.15) is 5.06 Å². The molecule has 0 aromatic rings. The van der Waals surface area contributed by atoms with Gasteiger partial charge in [0.1, 0.15) is 0 Å². The molecule has 0 aromatic carbocycles. The van der Waals surface area contributed by atoms with Crippen LogP contribution in [-0.4, -0.2) is 35.9 Å². The molecule has 4 heteroatoms. The second-order valence-corrected chi connectivity index (χ2v) is 2.43. The summed E-state index contributed by atoms with van der Waals surface area (Å²) in [5.41, 5.74) is 0. The summed E-state index contributed by atoms with van der Waals surface area (Å²) in [5.74, 6) is -0.277. The predicted octanol–water partition coefficient (Wildman–Crippen LogP) is 0.649. The Labute approximate surface area is 66.7 Å². The molecule has 0 rings (SSSR count). The van der Waals surface area contributed by atoms with Crippen LogP contribution < -0.4 is 0 Å². The average molecular weight is 161 g/mol. The Kier molecular flexibility index (Phi) is 4.81. The lowest BCUT2D eigenvalue weighted by molar-refractivity contribution is -0.150. The molecule has 0 bridgehead atoms. The maximum atomic E-state index is 10.8. The third-order valence-electron chi connectivity index (χ3n) is 1.41. The Morgan fingerprint density at radius 3 is 2.64 bits per heavy atom. The summed E-state index contributed by atoms with van der Waals surface area (Å²) in [6.45, 7) is 3.89. The first-order valence-corrected chi connectivity index (χ1v) is 3.65. The van der Waals surface area contributed by atoms with Gasteiger partial charge < -0.3 is 9.94 Å². The van der Waals surface area contributed by atoms with E-state index in [1.54, 1.807) is 13.8 Å². The molecule has 4 nitrogen and oxygen atoms in total. The summed E-state index contributed by atoms with van der Waals surface area (Å²) in [6.07, 6.45) is 0.223. The normalized spacial score (nSPS) is 13.2. The molecular formula is C7H15NO3. The zero-order valence-electron chi connectivity index (χ0n) is 7.20. The number of esters is 1. The van der Waals surface area contributed by atoms with Gasteiger partial charge in [0.05, 0.1) is 13.0 Å². The van der Waals surface area contributed by atoms with Crippen LogP contribution in [0.15, 0.2) is 0 Å². The van der Waals surface area contributed by atoms with Gasteiger partial charge in [-0.05, 0) is 13.8 Å². The minimum atomic E-state index is -0.277. The fraction of sp³-hybridized carbons (Fsp3) is 0.857. The van der Waals surface area contributed by atoms with E-state index < -0.39 is 0 Å². The van der Waals surface area contributed by atoms with Gasteiger partial charge in [-0.3, -0.25) is 4.79 Å². The van der Waals surface area contributed by atoms with Crippen molar-refractivity contribution in [2.24, 2.45) is 0 Å². The fourth-order valence-corrected chi connectivity index (χ4v) is 0.593. The molecule has 0 aliphatic carbocycles. The molecule has 0 aromatic heterocycles. The minimum absolute atomic E-state index is 0.186. The van der Waals surface area contributed by atoms with Crippen LogP contribution in [0.2, 0.25) is 0 Å². The van der Waals surface area contributed by atoms with E-state index in [-0.39, 0.29) is 18.4 Å². The first-order valence-electron chi connectivity index (χ1n) is 3.65. The van der Waals surface area contributed by atoms with Crippen molar-refractivity contribution >= 4 is 5.97 Å². The number of hydrogen-bond acceptors (Lipinski definition) is 4. The van der Waals surface area contributed by atoms with E-state index >= 15 is 0 Å². The van der Waals surface area contributed by atoms with Gasteiger partial charge in [0.2, 0.25) is 0 Å². The molecule has 0 aliphatic rings. The monoisotopic (exact) mass is 161 g/mol. The summed E-state index contributed by atoms with van der Waals surface area (Å²) in [7, 11) is 1.50. The first-order chi connectivity index (χ1) is 5.07. The Morgan fingerprint density at radius 2 is 2.27 bits per heavy atom. The van der Waals surface area contributed by atoms with Crippen LogP contribution in [0.4, 0.5) is 0 Å². The fourth-order valence-electron chi connectivity index (χ4n) is 0.593. The lowest BCUT2D eigenvalue weighted by Gasteiger charge is -2.16. The zero-order valence-corrected chi connectivity index (χ0v) is 7.20. The van der Waals surface area contributed by atoms with E-state index in [1.165, 1.54) is 7.05 Å². The highest BCUT2D eigenvalue weighted by Gasteiger charge is 2.12. The molecule has 0 spiro atoms. The largest absolute Gasteiger partial charge is 0.466 e. The van der Waals surface area contributed by atoms with E-state index in [0.29, 0.717) is 6.61 Å². The van der Waals surface area contributed by atoms with Crippen LogP contribution in [0, 0.1) is 0 Å². The van der Waals surface area contributed by atoms with Gasteiger partial charge in [-0.25, -0.2) is 0 Å². The number of carbonyl (C=O) groups excluding carboxylic acids is 1. The molecule has 1 atom stereocenters. The lowest BCUT2D eigenvalue weighted by Crippen LogP contribution is -2.28. The van der Waals surface area contributed by atoms with E-state index in [1.807, 2.05) is 0 Å². The van der Waals surface area contributed by atoms with Crippen LogP contribution in [-0.2, 0) is 9.53 Å². The van der Waals surface area contributed by atoms with Crippen LogP contribution in [0.3, 0.4) is 0 Å². The Bertz CT molecular complexity index is 125. The SMILES string of the molecule is CCOC(=O)CC(C)N(C)O. The number of nitrogens with zero attached hydrogens (tertiary/aromatic N) is 1. The summed E-state index contributed by atoms with van der Waals surface area (Å²) < 4.78 is 4.69. The van der Waals surface area contributed by atoms with Crippen molar-refractivity contribution < 1.29 is 14.7 Å². The van der Waals surface area contributed by atoms with Crippen LogP contribution in [0.5, 0.6) is 0 Å². The third-order valence-corrected chi connectivity index (χ3v) is 1.41. The number of ether oxygens (including phenoxy) is 1. The Hall–Kier alpha value is -0.610. The van der Waals surface area contributed by atoms with Crippen molar-refractivity contribution in [2.75, 3.05) is 13.7 Å². The zero-order chi connectivity index (χ0) is 8.85. The maximum Gasteiger partial charge on any atom is 0.307 e. The molecule has 1 unspecified atom stereocenters. The molecule has 1 N–H and O–H groups in total. The van der Waals surface area contributed by atoms with Crippen molar-refractivity contribution in [3.05, 3.63) is 0 Å². The number of carbonyl (C=O) groups is 1. The van der Waals surface area contributed by atoms with Gasteiger partial charge in [0.15, 0.2) is 0 Å². The van der Waals surface area contributed by atoms with Gasteiger partial charge in [0.25, 0.3) is 0 Å². The smallest absolute Gasteiger partial charge is 0.307 e. The van der Waals surface area contributed by atoms with E-state index in [9.17, 15) is 4.79 Å². The quantitative estimate of drug-likeness (QED) is 0.486. The van der Waals surface area contributed by atoms with Gasteiger partial charge in [-0.1, -0.05) is 0 Å². The number of rotatable bonds is 4. The Balaban J connectivity index is 3.57. The molecule has 0 saturated carbocycles. The molecule has 0 amide bonds. The lowest BCUT2D eigenvalue weighted by atomic mass is 10.2. The topological polar surface area (TPSA) is 49.8 Å². The third kappa shape index (κ3) is 4.75. The van der Waals surface area contributed by atoms with E-state index in [4.69, 9.17) is 5.21 Å². The van der Waals surface area contributed by atoms with Crippen molar-refractivity contribution in [3.63, 3.8) is 0 Å². The highest BCUT2D eigenvalue weighted by atomic mass is 16.5. The molecule has 0 aliphatic heterocycles. The highest BCUT2D eigenvalue weighted by Crippen LogP contribution is 1.98. The highest BCUT2D eigenvalue weighted by molar-refractivity contribution is 5.69. The van der Waals surface area contributed by atoms with Crippen molar-refractivity contribution in [2.45, 2.75) is 26.3 Å². The minimum Gasteiger partial charge on any atom is -0.466 e. The summed E-state index contributed by atoms with van der Waals surface area (Å²) in [6, 6.07) is -0.186. The molecular weight excluding hydrogens is 146 g/mol. The summed E-state index contributed by atoms with van der Waals surface area (Å²) in [5, 5.41) is 9.86. The first kappa shape index (κ1) is 10.4. The van der Waals surface area contributed by atoms with Gasteiger partial charge in [-0.15, -0.1) is 0 Å². The summed E-state index contributed by atoms with van der Waals surface area (Å²) >= 11 is 0. The second kappa shape index (κ2) is 5.09. The van der Waals surface area contributed by atoms with Gasteiger partial charge in [0, 0.05) is 13.1 Å². The average Bonchev–Trinajstić information content (AvgIpc) is 1.87. The molecule has 0 fully saturated rings. The van der Waals surface area contributed by atoms with E-state index in [0.717, 1.165) is 5.06 Å². The number of hydroxylamine groups is 2. The van der Waals surface area contributed by atoms with Crippen molar-refractivity contribution in [3.8, 4) is 0 Å². The molecule has 66 valence electrons. The maximum absolute atomic E-state index is 10.8. The molecule has 0 saturated heterocycles. The van der Waals surface area contributed by atoms with Crippen molar-refractivity contribution in [1.29, 1.82) is 0 Å². The van der Waals surface area contributed by atoms with Crippen molar-refractivity contribution in [1.82, 2.24) is 5.06 Å².